The van der Waals surface area contributed by atoms with Crippen LogP contribution in [-0.4, -0.2) is 26.8 Å². The van der Waals surface area contributed by atoms with E-state index in [0.717, 1.165) is 17.8 Å². The first-order valence-corrected chi connectivity index (χ1v) is 5.40. The Morgan fingerprint density at radius 1 is 1.25 bits per heavy atom. The van der Waals surface area contributed by atoms with E-state index in [0.29, 0.717) is 13.1 Å². The third-order valence-electron chi connectivity index (χ3n) is 2.49. The van der Waals surface area contributed by atoms with Gasteiger partial charge < -0.3 is 5.73 Å². The molecule has 1 aromatic heterocycles. The standard InChI is InChI=1S/C11H15N5/c1-2-9-3-5-10(6-4-9)11-13-14-15-16(11)8-7-12/h3-6H,2,7-8,12H2,1H3. The third-order valence-corrected chi connectivity index (χ3v) is 2.49. The smallest absolute Gasteiger partial charge is 0.182 e. The van der Waals surface area contributed by atoms with Crippen LogP contribution in [0, 0.1) is 0 Å². The zero-order valence-corrected chi connectivity index (χ0v) is 9.30. The minimum absolute atomic E-state index is 0.533. The van der Waals surface area contributed by atoms with E-state index in [4.69, 9.17) is 5.73 Å². The number of rotatable bonds is 4. The molecule has 0 radical (unpaired) electrons. The monoisotopic (exact) mass is 217 g/mol. The summed E-state index contributed by atoms with van der Waals surface area (Å²) in [4.78, 5) is 0. The van der Waals surface area contributed by atoms with Crippen molar-refractivity contribution in [3.8, 4) is 11.4 Å². The van der Waals surface area contributed by atoms with Gasteiger partial charge >= 0.3 is 0 Å². The van der Waals surface area contributed by atoms with Crippen LogP contribution >= 0.6 is 0 Å². The Balaban J connectivity index is 2.31. The van der Waals surface area contributed by atoms with Crippen molar-refractivity contribution in [1.82, 2.24) is 20.2 Å². The van der Waals surface area contributed by atoms with Crippen LogP contribution in [0.15, 0.2) is 24.3 Å². The molecule has 0 unspecified atom stereocenters. The molecule has 16 heavy (non-hydrogen) atoms. The van der Waals surface area contributed by atoms with Crippen LogP contribution in [0.3, 0.4) is 0 Å². The first kappa shape index (κ1) is 10.8. The summed E-state index contributed by atoms with van der Waals surface area (Å²) in [6, 6.07) is 8.27. The van der Waals surface area contributed by atoms with Crippen LogP contribution in [0.4, 0.5) is 0 Å². The highest BCUT2D eigenvalue weighted by molar-refractivity contribution is 5.54. The average molecular weight is 217 g/mol. The second-order valence-electron chi connectivity index (χ2n) is 3.56. The first-order chi connectivity index (χ1) is 7.85. The van der Waals surface area contributed by atoms with Crippen LogP contribution in [0.5, 0.6) is 0 Å². The molecular weight excluding hydrogens is 202 g/mol. The SMILES string of the molecule is CCc1ccc(-c2nnnn2CCN)cc1. The molecule has 1 heterocycles. The minimum Gasteiger partial charge on any atom is -0.329 e. The summed E-state index contributed by atoms with van der Waals surface area (Å²) in [6.45, 7) is 3.30. The van der Waals surface area contributed by atoms with Crippen molar-refractivity contribution in [1.29, 1.82) is 0 Å². The van der Waals surface area contributed by atoms with Gasteiger partial charge in [0.2, 0.25) is 0 Å². The summed E-state index contributed by atoms with van der Waals surface area (Å²) in [7, 11) is 0. The van der Waals surface area contributed by atoms with Crippen molar-refractivity contribution in [2.45, 2.75) is 19.9 Å². The second-order valence-corrected chi connectivity index (χ2v) is 3.56. The molecule has 2 aromatic rings. The van der Waals surface area contributed by atoms with Crippen LogP contribution in [0.2, 0.25) is 0 Å². The predicted molar refractivity (Wildman–Crippen MR) is 61.7 cm³/mol. The number of benzene rings is 1. The van der Waals surface area contributed by atoms with Crippen molar-refractivity contribution in [3.63, 3.8) is 0 Å². The maximum absolute atomic E-state index is 5.50. The zero-order valence-electron chi connectivity index (χ0n) is 9.30. The average Bonchev–Trinajstić information content (AvgIpc) is 2.78. The topological polar surface area (TPSA) is 69.6 Å². The quantitative estimate of drug-likeness (QED) is 0.824. The van der Waals surface area contributed by atoms with E-state index in [1.165, 1.54) is 5.56 Å². The summed E-state index contributed by atoms with van der Waals surface area (Å²) in [6.07, 6.45) is 1.04. The lowest BCUT2D eigenvalue weighted by molar-refractivity contribution is 0.603. The van der Waals surface area contributed by atoms with E-state index < -0.39 is 0 Å². The fourth-order valence-corrected chi connectivity index (χ4v) is 1.57. The first-order valence-electron chi connectivity index (χ1n) is 5.40. The normalized spacial score (nSPS) is 10.6. The summed E-state index contributed by atoms with van der Waals surface area (Å²) >= 11 is 0. The van der Waals surface area contributed by atoms with Crippen LogP contribution < -0.4 is 5.73 Å². The van der Waals surface area contributed by atoms with Gasteiger partial charge in [-0.2, -0.15) is 0 Å². The van der Waals surface area contributed by atoms with Crippen molar-refractivity contribution >= 4 is 0 Å². The molecule has 2 N–H and O–H groups in total. The van der Waals surface area contributed by atoms with E-state index >= 15 is 0 Å². The Morgan fingerprint density at radius 2 is 2.00 bits per heavy atom. The van der Waals surface area contributed by atoms with Crippen molar-refractivity contribution in [2.24, 2.45) is 5.73 Å². The molecule has 0 aliphatic heterocycles. The number of tetrazole rings is 1. The van der Waals surface area contributed by atoms with Gasteiger partial charge in [0, 0.05) is 12.1 Å². The molecule has 0 spiro atoms. The van der Waals surface area contributed by atoms with Gasteiger partial charge in [0.15, 0.2) is 5.82 Å². The van der Waals surface area contributed by atoms with E-state index in [1.54, 1.807) is 4.68 Å². The number of nitrogens with two attached hydrogens (primary N) is 1. The van der Waals surface area contributed by atoms with Crippen LogP contribution in [0.25, 0.3) is 11.4 Å². The van der Waals surface area contributed by atoms with Gasteiger partial charge in [-0.05, 0) is 22.4 Å². The lowest BCUT2D eigenvalue weighted by atomic mass is 10.1. The number of aryl methyl sites for hydroxylation is 1. The van der Waals surface area contributed by atoms with Crippen molar-refractivity contribution in [2.75, 3.05) is 6.54 Å². The molecule has 0 aliphatic rings. The van der Waals surface area contributed by atoms with Gasteiger partial charge in [0.05, 0.1) is 6.54 Å². The number of aromatic nitrogens is 4. The van der Waals surface area contributed by atoms with Gasteiger partial charge in [0.1, 0.15) is 0 Å². The van der Waals surface area contributed by atoms with Crippen molar-refractivity contribution < 1.29 is 0 Å². The number of nitrogens with zero attached hydrogens (tertiary/aromatic N) is 4. The lowest BCUT2D eigenvalue weighted by Gasteiger charge is -2.03. The summed E-state index contributed by atoms with van der Waals surface area (Å²) in [5.41, 5.74) is 7.83. The van der Waals surface area contributed by atoms with E-state index in [-0.39, 0.29) is 0 Å². The third kappa shape index (κ3) is 2.09. The Kier molecular flexibility index (Phi) is 3.26. The number of hydrogen-bond acceptors (Lipinski definition) is 4. The molecule has 0 saturated carbocycles. The Morgan fingerprint density at radius 3 is 2.62 bits per heavy atom. The molecule has 0 saturated heterocycles. The van der Waals surface area contributed by atoms with Gasteiger partial charge in [-0.1, -0.05) is 31.2 Å². The van der Waals surface area contributed by atoms with Crippen molar-refractivity contribution in [3.05, 3.63) is 29.8 Å². The molecular formula is C11H15N5. The maximum atomic E-state index is 5.50. The highest BCUT2D eigenvalue weighted by atomic mass is 15.5. The molecule has 0 amide bonds. The largest absolute Gasteiger partial charge is 0.329 e. The molecule has 5 nitrogen and oxygen atoms in total. The molecule has 0 bridgehead atoms. The maximum Gasteiger partial charge on any atom is 0.182 e. The van der Waals surface area contributed by atoms with Gasteiger partial charge in [-0.3, -0.25) is 0 Å². The fourth-order valence-electron chi connectivity index (χ4n) is 1.57. The second kappa shape index (κ2) is 4.85. The molecule has 1 aromatic carbocycles. The summed E-state index contributed by atoms with van der Waals surface area (Å²) < 4.78 is 1.72. The molecule has 0 fully saturated rings. The molecule has 5 heteroatoms. The van der Waals surface area contributed by atoms with Gasteiger partial charge in [-0.15, -0.1) is 5.10 Å². The summed E-state index contributed by atoms with van der Waals surface area (Å²) in [5.74, 6) is 0.771. The summed E-state index contributed by atoms with van der Waals surface area (Å²) in [5, 5.41) is 11.6. The Bertz CT molecular complexity index is 446. The zero-order chi connectivity index (χ0) is 11.4. The predicted octanol–water partition coefficient (Wildman–Crippen LogP) is 0.861. The van der Waals surface area contributed by atoms with Gasteiger partial charge in [-0.25, -0.2) is 4.68 Å². The van der Waals surface area contributed by atoms with E-state index in [9.17, 15) is 0 Å². The highest BCUT2D eigenvalue weighted by Gasteiger charge is 2.07. The molecule has 2 rings (SSSR count). The van der Waals surface area contributed by atoms with Gasteiger partial charge in [0.25, 0.3) is 0 Å². The van der Waals surface area contributed by atoms with Crippen LogP contribution in [-0.2, 0) is 13.0 Å². The Hall–Kier alpha value is -1.75. The molecule has 0 atom stereocenters. The van der Waals surface area contributed by atoms with E-state index in [2.05, 4.69) is 34.6 Å². The van der Waals surface area contributed by atoms with Crippen LogP contribution in [0.1, 0.15) is 12.5 Å². The molecule has 0 aliphatic carbocycles. The fraction of sp³-hybridized carbons (Fsp3) is 0.364. The number of hydrogen-bond donors (Lipinski definition) is 1. The lowest BCUT2D eigenvalue weighted by Crippen LogP contribution is -2.12. The Labute approximate surface area is 94.3 Å². The van der Waals surface area contributed by atoms with E-state index in [1.807, 2.05) is 12.1 Å². The molecule has 84 valence electrons. The highest BCUT2D eigenvalue weighted by Crippen LogP contribution is 2.16. The minimum atomic E-state index is 0.533.